The third-order valence-electron chi connectivity index (χ3n) is 5.35. The molecule has 0 spiro atoms. The highest BCUT2D eigenvalue weighted by atomic mass is 16.5. The molecule has 30 heavy (non-hydrogen) atoms. The minimum Gasteiger partial charge on any atom is -0.495 e. The van der Waals surface area contributed by atoms with Crippen molar-refractivity contribution in [2.24, 2.45) is 5.92 Å². The molecule has 1 N–H and O–H groups in total. The number of carbonyl (C=O) groups excluding carboxylic acids is 1. The lowest BCUT2D eigenvalue weighted by Crippen LogP contribution is -2.38. The van der Waals surface area contributed by atoms with Crippen LogP contribution in [0.15, 0.2) is 35.3 Å². The summed E-state index contributed by atoms with van der Waals surface area (Å²) in [5, 5.41) is 7.23. The number of rotatable bonds is 8. The van der Waals surface area contributed by atoms with Crippen LogP contribution in [0, 0.1) is 12.8 Å². The van der Waals surface area contributed by atoms with E-state index in [1.807, 2.05) is 25.1 Å². The van der Waals surface area contributed by atoms with Crippen molar-refractivity contribution >= 4 is 17.3 Å². The molecule has 2 aromatic rings. The largest absolute Gasteiger partial charge is 0.495 e. The Balaban J connectivity index is 1.61. The molecule has 8 nitrogen and oxygen atoms in total. The van der Waals surface area contributed by atoms with E-state index in [0.29, 0.717) is 31.0 Å². The molecule has 0 bridgehead atoms. The summed E-state index contributed by atoms with van der Waals surface area (Å²) >= 11 is 0. The number of aryl methyl sites for hydroxylation is 1. The van der Waals surface area contributed by atoms with Gasteiger partial charge >= 0.3 is 0 Å². The van der Waals surface area contributed by atoms with Gasteiger partial charge in [-0.25, -0.2) is 4.68 Å². The zero-order chi connectivity index (χ0) is 21.5. The number of piperidine rings is 1. The van der Waals surface area contributed by atoms with Crippen LogP contribution in [-0.4, -0.2) is 49.6 Å². The van der Waals surface area contributed by atoms with E-state index in [4.69, 9.17) is 9.47 Å². The van der Waals surface area contributed by atoms with Crippen molar-refractivity contribution < 1.29 is 14.3 Å². The van der Waals surface area contributed by atoms with Gasteiger partial charge in [0.25, 0.3) is 5.56 Å². The molecule has 3 rings (SSSR count). The SMILES string of the molecule is COCCn1ncc(N2CCCC(CC(=O)Nc3cc(C)ccc3OC)C2)cc1=O. The van der Waals surface area contributed by atoms with E-state index in [-0.39, 0.29) is 17.4 Å². The Hall–Kier alpha value is -2.87. The summed E-state index contributed by atoms with van der Waals surface area (Å²) in [4.78, 5) is 27.1. The first-order valence-electron chi connectivity index (χ1n) is 10.3. The standard InChI is InChI=1S/C22H30N4O4/c1-16-6-7-20(30-3)19(11-16)24-21(27)12-17-5-4-8-25(15-17)18-13-22(28)26(23-14-18)9-10-29-2/h6-7,11,13-14,17H,4-5,8-10,12,15H2,1-3H3,(H,24,27). The van der Waals surface area contributed by atoms with Gasteiger partial charge in [-0.1, -0.05) is 6.07 Å². The van der Waals surface area contributed by atoms with Gasteiger partial charge < -0.3 is 19.7 Å². The summed E-state index contributed by atoms with van der Waals surface area (Å²) < 4.78 is 11.7. The summed E-state index contributed by atoms with van der Waals surface area (Å²) in [5.41, 5.74) is 2.41. The van der Waals surface area contributed by atoms with Gasteiger partial charge in [0.15, 0.2) is 0 Å². The van der Waals surface area contributed by atoms with Crippen molar-refractivity contribution in [2.45, 2.75) is 32.7 Å². The first-order chi connectivity index (χ1) is 14.5. The fraction of sp³-hybridized carbons (Fsp3) is 0.500. The van der Waals surface area contributed by atoms with Gasteiger partial charge in [0.2, 0.25) is 5.91 Å². The normalized spacial score (nSPS) is 16.4. The van der Waals surface area contributed by atoms with Crippen molar-refractivity contribution in [3.05, 3.63) is 46.4 Å². The van der Waals surface area contributed by atoms with E-state index in [9.17, 15) is 9.59 Å². The number of aromatic nitrogens is 2. The zero-order valence-corrected chi connectivity index (χ0v) is 17.9. The lowest BCUT2D eigenvalue weighted by molar-refractivity contribution is -0.117. The Morgan fingerprint density at radius 2 is 2.13 bits per heavy atom. The van der Waals surface area contributed by atoms with Crippen LogP contribution >= 0.6 is 0 Å². The molecule has 1 atom stereocenters. The number of methoxy groups -OCH3 is 2. The average Bonchev–Trinajstić information content (AvgIpc) is 2.73. The molecule has 2 heterocycles. The molecule has 1 fully saturated rings. The summed E-state index contributed by atoms with van der Waals surface area (Å²) in [5.74, 6) is 0.837. The van der Waals surface area contributed by atoms with Crippen LogP contribution in [0.5, 0.6) is 5.75 Å². The first kappa shape index (κ1) is 21.8. The summed E-state index contributed by atoms with van der Waals surface area (Å²) in [6.45, 7) is 4.43. The van der Waals surface area contributed by atoms with Gasteiger partial charge in [0.05, 0.1) is 37.8 Å². The average molecular weight is 415 g/mol. The Morgan fingerprint density at radius 1 is 1.30 bits per heavy atom. The number of amides is 1. The molecule has 1 aromatic carbocycles. The molecule has 1 amide bonds. The van der Waals surface area contributed by atoms with Gasteiger partial charge in [0.1, 0.15) is 5.75 Å². The molecule has 162 valence electrons. The number of nitrogens with one attached hydrogen (secondary N) is 1. The smallest absolute Gasteiger partial charge is 0.268 e. The highest BCUT2D eigenvalue weighted by molar-refractivity contribution is 5.92. The second-order valence-electron chi connectivity index (χ2n) is 7.68. The van der Waals surface area contributed by atoms with E-state index >= 15 is 0 Å². The second-order valence-corrected chi connectivity index (χ2v) is 7.68. The van der Waals surface area contributed by atoms with E-state index in [1.165, 1.54) is 4.68 Å². The van der Waals surface area contributed by atoms with Gasteiger partial charge in [-0.2, -0.15) is 5.10 Å². The maximum atomic E-state index is 12.6. The van der Waals surface area contributed by atoms with Gasteiger partial charge in [-0.3, -0.25) is 9.59 Å². The molecule has 0 saturated carbocycles. The molecular weight excluding hydrogens is 384 g/mol. The maximum Gasteiger partial charge on any atom is 0.268 e. The molecule has 0 radical (unpaired) electrons. The van der Waals surface area contributed by atoms with Crippen molar-refractivity contribution in [3.8, 4) is 5.75 Å². The Labute approximate surface area is 176 Å². The maximum absolute atomic E-state index is 12.6. The minimum absolute atomic E-state index is 0.0288. The number of benzene rings is 1. The molecule has 1 aliphatic heterocycles. The second kappa shape index (κ2) is 10.2. The van der Waals surface area contributed by atoms with Crippen molar-refractivity contribution in [1.29, 1.82) is 0 Å². The number of anilines is 2. The predicted octanol–water partition coefficient (Wildman–Crippen LogP) is 2.45. The number of hydrogen-bond acceptors (Lipinski definition) is 6. The van der Waals surface area contributed by atoms with Crippen molar-refractivity contribution in [2.75, 3.05) is 44.1 Å². The molecule has 1 unspecified atom stereocenters. The number of carbonyl (C=O) groups is 1. The topological polar surface area (TPSA) is 85.7 Å². The third-order valence-corrected chi connectivity index (χ3v) is 5.35. The molecule has 1 aliphatic rings. The summed E-state index contributed by atoms with van der Waals surface area (Å²) in [7, 11) is 3.19. The van der Waals surface area contributed by atoms with Crippen LogP contribution in [-0.2, 0) is 16.1 Å². The molecule has 1 aromatic heterocycles. The van der Waals surface area contributed by atoms with Gasteiger partial charge in [0, 0.05) is 32.7 Å². The number of ether oxygens (including phenoxy) is 2. The first-order valence-corrected chi connectivity index (χ1v) is 10.3. The lowest BCUT2D eigenvalue weighted by Gasteiger charge is -2.34. The number of nitrogens with zero attached hydrogens (tertiary/aromatic N) is 3. The molecule has 1 saturated heterocycles. The zero-order valence-electron chi connectivity index (χ0n) is 17.9. The van der Waals surface area contributed by atoms with Crippen molar-refractivity contribution in [3.63, 3.8) is 0 Å². The Bertz CT molecular complexity index is 928. The van der Waals surface area contributed by atoms with Crippen LogP contribution in [0.1, 0.15) is 24.8 Å². The predicted molar refractivity (Wildman–Crippen MR) is 116 cm³/mol. The summed E-state index contributed by atoms with van der Waals surface area (Å²) in [6, 6.07) is 7.33. The van der Waals surface area contributed by atoms with Crippen LogP contribution in [0.25, 0.3) is 0 Å². The quantitative estimate of drug-likeness (QED) is 0.714. The van der Waals surface area contributed by atoms with E-state index in [0.717, 1.165) is 37.2 Å². The third kappa shape index (κ3) is 5.60. The lowest BCUT2D eigenvalue weighted by atomic mass is 9.94. The van der Waals surface area contributed by atoms with Crippen LogP contribution < -0.4 is 20.5 Å². The van der Waals surface area contributed by atoms with E-state index in [2.05, 4.69) is 15.3 Å². The summed E-state index contributed by atoms with van der Waals surface area (Å²) in [6.07, 6.45) is 4.09. The van der Waals surface area contributed by atoms with Gasteiger partial charge in [-0.15, -0.1) is 0 Å². The minimum atomic E-state index is -0.143. The molecule has 8 heteroatoms. The Morgan fingerprint density at radius 3 is 2.87 bits per heavy atom. The fourth-order valence-corrected chi connectivity index (χ4v) is 3.79. The molecule has 0 aliphatic carbocycles. The highest BCUT2D eigenvalue weighted by Crippen LogP contribution is 2.27. The highest BCUT2D eigenvalue weighted by Gasteiger charge is 2.23. The van der Waals surface area contributed by atoms with E-state index < -0.39 is 0 Å². The van der Waals surface area contributed by atoms with E-state index in [1.54, 1.807) is 26.5 Å². The number of hydrogen-bond donors (Lipinski definition) is 1. The monoisotopic (exact) mass is 414 g/mol. The Kier molecular flexibility index (Phi) is 7.46. The van der Waals surface area contributed by atoms with Gasteiger partial charge in [-0.05, 0) is 43.4 Å². The van der Waals surface area contributed by atoms with Crippen LogP contribution in [0.2, 0.25) is 0 Å². The fourth-order valence-electron chi connectivity index (χ4n) is 3.79. The molecular formula is C22H30N4O4. The van der Waals surface area contributed by atoms with Crippen LogP contribution in [0.4, 0.5) is 11.4 Å². The van der Waals surface area contributed by atoms with Crippen molar-refractivity contribution in [1.82, 2.24) is 9.78 Å². The van der Waals surface area contributed by atoms with Crippen LogP contribution in [0.3, 0.4) is 0 Å².